The summed E-state index contributed by atoms with van der Waals surface area (Å²) in [6.07, 6.45) is 5.62. The van der Waals surface area contributed by atoms with Crippen molar-refractivity contribution in [3.8, 4) is 50.6 Å². The molecule has 8 aromatic rings. The van der Waals surface area contributed by atoms with Gasteiger partial charge in [-0.1, -0.05) is 91.0 Å². The molecule has 4 heterocycles. The van der Waals surface area contributed by atoms with Gasteiger partial charge in [-0.3, -0.25) is 9.97 Å². The van der Waals surface area contributed by atoms with E-state index in [0.29, 0.717) is 0 Å². The van der Waals surface area contributed by atoms with Gasteiger partial charge in [-0.05, 0) is 70.8 Å². The first-order valence-electron chi connectivity index (χ1n) is 14.4. The molecule has 4 aromatic carbocycles. The Bertz CT molecular complexity index is 2160. The molecule has 43 heavy (non-hydrogen) atoms. The van der Waals surface area contributed by atoms with Crippen molar-refractivity contribution in [1.29, 1.82) is 0 Å². The SMILES string of the molecule is c1ccc(-c2ccc(-c3cc(-c4cccc(-n5c6ccccc6c6cnccc65)c4)nc(-c4ccccn4)c3)cc2)cc1. The fraction of sp³-hybridized carbons (Fsp3) is 0. The maximum Gasteiger partial charge on any atom is 0.0899 e. The molecule has 0 aliphatic rings. The fourth-order valence-electron chi connectivity index (χ4n) is 5.87. The van der Waals surface area contributed by atoms with Crippen LogP contribution >= 0.6 is 0 Å². The van der Waals surface area contributed by atoms with E-state index in [2.05, 4.69) is 130 Å². The van der Waals surface area contributed by atoms with Crippen LogP contribution in [0.2, 0.25) is 0 Å². The predicted molar refractivity (Wildman–Crippen MR) is 176 cm³/mol. The normalized spacial score (nSPS) is 11.3. The summed E-state index contributed by atoms with van der Waals surface area (Å²) < 4.78 is 2.31. The maximum absolute atomic E-state index is 5.13. The quantitative estimate of drug-likeness (QED) is 0.214. The molecule has 0 N–H and O–H groups in total. The summed E-state index contributed by atoms with van der Waals surface area (Å²) in [4.78, 5) is 14.2. The lowest BCUT2D eigenvalue weighted by atomic mass is 9.98. The van der Waals surface area contributed by atoms with E-state index in [1.807, 2.05) is 42.9 Å². The highest BCUT2D eigenvalue weighted by molar-refractivity contribution is 6.08. The van der Waals surface area contributed by atoms with E-state index >= 15 is 0 Å². The van der Waals surface area contributed by atoms with Crippen LogP contribution in [0.1, 0.15) is 0 Å². The Morgan fingerprint density at radius 2 is 1.12 bits per heavy atom. The fourth-order valence-corrected chi connectivity index (χ4v) is 5.87. The molecule has 0 saturated carbocycles. The Labute approximate surface area is 249 Å². The van der Waals surface area contributed by atoms with Gasteiger partial charge in [0.05, 0.1) is 28.1 Å². The second-order valence-electron chi connectivity index (χ2n) is 10.6. The third-order valence-electron chi connectivity index (χ3n) is 7.95. The Morgan fingerprint density at radius 1 is 0.419 bits per heavy atom. The summed E-state index contributed by atoms with van der Waals surface area (Å²) in [5.41, 5.74) is 11.6. The molecule has 4 aromatic heterocycles. The van der Waals surface area contributed by atoms with Crippen LogP contribution in [0.4, 0.5) is 0 Å². The zero-order chi connectivity index (χ0) is 28.6. The molecule has 0 aliphatic carbocycles. The van der Waals surface area contributed by atoms with Gasteiger partial charge in [-0.25, -0.2) is 4.98 Å². The number of pyridine rings is 3. The van der Waals surface area contributed by atoms with Crippen molar-refractivity contribution < 1.29 is 0 Å². The van der Waals surface area contributed by atoms with Crippen LogP contribution in [0.25, 0.3) is 72.4 Å². The van der Waals surface area contributed by atoms with Crippen LogP contribution in [0, 0.1) is 0 Å². The lowest BCUT2D eigenvalue weighted by Gasteiger charge is -2.13. The van der Waals surface area contributed by atoms with Crippen molar-refractivity contribution in [2.24, 2.45) is 0 Å². The number of nitrogens with zero attached hydrogens (tertiary/aromatic N) is 4. The predicted octanol–water partition coefficient (Wildman–Crippen LogP) is 9.64. The van der Waals surface area contributed by atoms with Gasteiger partial charge in [0, 0.05) is 40.6 Å². The van der Waals surface area contributed by atoms with Crippen LogP contribution in [-0.2, 0) is 0 Å². The van der Waals surface area contributed by atoms with Crippen LogP contribution < -0.4 is 0 Å². The molecule has 0 saturated heterocycles. The van der Waals surface area contributed by atoms with Gasteiger partial charge in [0.25, 0.3) is 0 Å². The van der Waals surface area contributed by atoms with Gasteiger partial charge in [-0.15, -0.1) is 0 Å². The largest absolute Gasteiger partial charge is 0.309 e. The van der Waals surface area contributed by atoms with E-state index < -0.39 is 0 Å². The average molecular weight is 551 g/mol. The lowest BCUT2D eigenvalue weighted by molar-refractivity contribution is 1.17. The molecule has 202 valence electrons. The van der Waals surface area contributed by atoms with Crippen molar-refractivity contribution in [1.82, 2.24) is 19.5 Å². The minimum Gasteiger partial charge on any atom is -0.309 e. The van der Waals surface area contributed by atoms with Crippen LogP contribution in [0.3, 0.4) is 0 Å². The highest BCUT2D eigenvalue weighted by Gasteiger charge is 2.14. The van der Waals surface area contributed by atoms with Crippen molar-refractivity contribution in [3.63, 3.8) is 0 Å². The number of hydrogen-bond donors (Lipinski definition) is 0. The molecule has 0 amide bonds. The topological polar surface area (TPSA) is 43.6 Å². The van der Waals surface area contributed by atoms with E-state index in [9.17, 15) is 0 Å². The Morgan fingerprint density at radius 3 is 1.95 bits per heavy atom. The first-order chi connectivity index (χ1) is 21.3. The summed E-state index contributed by atoms with van der Waals surface area (Å²) in [6, 6.07) is 48.6. The van der Waals surface area contributed by atoms with Gasteiger partial charge < -0.3 is 4.57 Å². The Balaban J connectivity index is 1.27. The Hall–Kier alpha value is -5.87. The lowest BCUT2D eigenvalue weighted by Crippen LogP contribution is -1.96. The molecular weight excluding hydrogens is 524 g/mol. The maximum atomic E-state index is 5.13. The van der Waals surface area contributed by atoms with Crippen LogP contribution in [0.5, 0.6) is 0 Å². The van der Waals surface area contributed by atoms with Crippen LogP contribution in [0.15, 0.2) is 158 Å². The van der Waals surface area contributed by atoms with Gasteiger partial charge >= 0.3 is 0 Å². The number of fused-ring (bicyclic) bond motifs is 3. The smallest absolute Gasteiger partial charge is 0.0899 e. The summed E-state index contributed by atoms with van der Waals surface area (Å²) in [6.45, 7) is 0. The van der Waals surface area contributed by atoms with E-state index in [-0.39, 0.29) is 0 Å². The van der Waals surface area contributed by atoms with Crippen molar-refractivity contribution in [2.45, 2.75) is 0 Å². The van der Waals surface area contributed by atoms with Crippen molar-refractivity contribution in [2.75, 3.05) is 0 Å². The monoisotopic (exact) mass is 550 g/mol. The minimum atomic E-state index is 0.841. The van der Waals surface area contributed by atoms with Crippen molar-refractivity contribution in [3.05, 3.63) is 158 Å². The van der Waals surface area contributed by atoms with E-state index in [1.54, 1.807) is 0 Å². The molecule has 0 fully saturated rings. The Kier molecular flexibility index (Phi) is 6.08. The highest BCUT2D eigenvalue weighted by atomic mass is 15.0. The summed E-state index contributed by atoms with van der Waals surface area (Å²) in [5, 5.41) is 2.33. The van der Waals surface area contributed by atoms with Gasteiger partial charge in [-0.2, -0.15) is 0 Å². The molecule has 8 rings (SSSR count). The van der Waals surface area contributed by atoms with Gasteiger partial charge in [0.15, 0.2) is 0 Å². The average Bonchev–Trinajstić information content (AvgIpc) is 3.43. The second-order valence-corrected chi connectivity index (χ2v) is 10.6. The molecule has 0 aliphatic heterocycles. The second kappa shape index (κ2) is 10.5. The molecular formula is C39H26N4. The number of para-hydroxylation sites is 1. The number of hydrogen-bond acceptors (Lipinski definition) is 3. The molecule has 0 atom stereocenters. The third kappa shape index (κ3) is 4.55. The zero-order valence-electron chi connectivity index (χ0n) is 23.3. The van der Waals surface area contributed by atoms with Gasteiger partial charge in [0.2, 0.25) is 0 Å². The number of aromatic nitrogens is 4. The summed E-state index contributed by atoms with van der Waals surface area (Å²) in [7, 11) is 0. The van der Waals surface area contributed by atoms with E-state index in [4.69, 9.17) is 4.98 Å². The molecule has 0 spiro atoms. The molecule has 0 radical (unpaired) electrons. The molecule has 4 heteroatoms. The molecule has 4 nitrogen and oxygen atoms in total. The van der Waals surface area contributed by atoms with E-state index in [1.165, 1.54) is 16.5 Å². The van der Waals surface area contributed by atoms with E-state index in [0.717, 1.165) is 55.9 Å². The first-order valence-corrected chi connectivity index (χ1v) is 14.4. The van der Waals surface area contributed by atoms with Crippen LogP contribution in [-0.4, -0.2) is 19.5 Å². The highest BCUT2D eigenvalue weighted by Crippen LogP contribution is 2.34. The first kappa shape index (κ1) is 24.9. The molecule has 0 bridgehead atoms. The number of benzene rings is 4. The summed E-state index contributed by atoms with van der Waals surface area (Å²) >= 11 is 0. The standard InChI is InChI=1S/C39H26N4/c1-2-9-27(10-3-1)28-16-18-29(19-17-28)31-24-36(42-37(25-31)35-14-6-7-21-41-35)30-11-8-12-32(23-30)43-38-15-5-4-13-33(38)34-26-40-22-20-39(34)43/h1-26H. The zero-order valence-corrected chi connectivity index (χ0v) is 23.3. The van der Waals surface area contributed by atoms with Gasteiger partial charge in [0.1, 0.15) is 0 Å². The number of rotatable bonds is 5. The van der Waals surface area contributed by atoms with Crippen molar-refractivity contribution >= 4 is 21.8 Å². The summed E-state index contributed by atoms with van der Waals surface area (Å²) in [5.74, 6) is 0. The third-order valence-corrected chi connectivity index (χ3v) is 7.95. The molecule has 0 unspecified atom stereocenters. The minimum absolute atomic E-state index is 0.841.